The molecule has 3 N–H and O–H groups in total. The van der Waals surface area contributed by atoms with E-state index < -0.39 is 53.3 Å². The first-order valence-corrected chi connectivity index (χ1v) is 13.4. The van der Waals surface area contributed by atoms with E-state index in [-0.39, 0.29) is 20.3 Å². The molecule has 7 nitrogen and oxygen atoms in total. The van der Waals surface area contributed by atoms with Crippen LogP contribution in [0.15, 0.2) is 40.6 Å². The Labute approximate surface area is 198 Å². The molecule has 180 valence electrons. The number of halogens is 6. The Morgan fingerprint density at radius 3 is 2.36 bits per heavy atom. The molecule has 1 heterocycles. The fourth-order valence-electron chi connectivity index (χ4n) is 2.54. The van der Waals surface area contributed by atoms with Crippen LogP contribution in [0.5, 0.6) is 5.75 Å². The van der Waals surface area contributed by atoms with Crippen molar-refractivity contribution in [3.63, 3.8) is 0 Å². The van der Waals surface area contributed by atoms with Crippen molar-refractivity contribution in [2.45, 2.75) is 16.5 Å². The predicted octanol–water partition coefficient (Wildman–Crippen LogP) is 5.44. The van der Waals surface area contributed by atoms with E-state index in [0.29, 0.717) is 22.2 Å². The zero-order valence-electron chi connectivity index (χ0n) is 15.8. The smallest absolute Gasteiger partial charge is 0.418 e. The lowest BCUT2D eigenvalue weighted by molar-refractivity contribution is -0.206. The van der Waals surface area contributed by atoms with Crippen LogP contribution in [0.2, 0.25) is 10.0 Å². The molecule has 3 aromatic rings. The number of aliphatic hydroxyl groups excluding tert-OH is 1. The average Bonchev–Trinajstić information content (AvgIpc) is 3.18. The second-order valence-electron chi connectivity index (χ2n) is 6.51. The molecular weight excluding hydrogens is 556 g/mol. The van der Waals surface area contributed by atoms with Gasteiger partial charge in [-0.1, -0.05) is 29.3 Å². The second-order valence-corrected chi connectivity index (χ2v) is 12.1. The monoisotopic (exact) mass is 567 g/mol. The lowest BCUT2D eigenvalue weighted by Gasteiger charge is -2.17. The molecule has 2 unspecified atom stereocenters. The third-order valence-electron chi connectivity index (χ3n) is 4.10. The number of alkyl halides is 3. The Hall–Kier alpha value is -1.44. The zero-order chi connectivity index (χ0) is 24.8. The Kier molecular flexibility index (Phi) is 7.38. The minimum atomic E-state index is -5.06. The highest BCUT2D eigenvalue weighted by molar-refractivity contribution is 7.92. The van der Waals surface area contributed by atoms with E-state index in [0.717, 1.165) is 11.3 Å². The molecule has 0 aliphatic rings. The maximum Gasteiger partial charge on any atom is 0.418 e. The van der Waals surface area contributed by atoms with Crippen molar-refractivity contribution in [2.75, 3.05) is 6.29 Å². The van der Waals surface area contributed by atoms with Crippen LogP contribution in [0.1, 0.15) is 11.7 Å². The summed E-state index contributed by atoms with van der Waals surface area (Å²) in [5.41, 5.74) is -0.858. The maximum absolute atomic E-state index is 14.1. The molecular formula is C17H12Cl2F4NO6PS2. The van der Waals surface area contributed by atoms with Crippen LogP contribution >= 0.6 is 42.1 Å². The first kappa shape index (κ1) is 26.2. The van der Waals surface area contributed by atoms with Gasteiger partial charge in [0.2, 0.25) is 0 Å². The van der Waals surface area contributed by atoms with Gasteiger partial charge in [0.05, 0.1) is 9.72 Å². The summed E-state index contributed by atoms with van der Waals surface area (Å²) in [6.07, 6.45) is -9.21. The Bertz CT molecular complexity index is 1330. The molecule has 0 bridgehead atoms. The Morgan fingerprint density at radius 2 is 1.79 bits per heavy atom. The highest BCUT2D eigenvalue weighted by Crippen LogP contribution is 2.44. The summed E-state index contributed by atoms with van der Waals surface area (Å²) < 4.78 is 95.5. The third-order valence-corrected chi connectivity index (χ3v) is 9.16. The number of benzene rings is 2. The summed E-state index contributed by atoms with van der Waals surface area (Å²) in [4.78, 5) is 9.91. The summed E-state index contributed by atoms with van der Waals surface area (Å²) in [5, 5.41) is 9.97. The van der Waals surface area contributed by atoms with Crippen molar-refractivity contribution >= 4 is 62.2 Å². The molecule has 0 fully saturated rings. The molecule has 0 amide bonds. The summed E-state index contributed by atoms with van der Waals surface area (Å²) in [5.74, 6) is -2.39. The van der Waals surface area contributed by atoms with Gasteiger partial charge in [-0.05, 0) is 35.9 Å². The topological polar surface area (TPSA) is 113 Å². The quantitative estimate of drug-likeness (QED) is 0.259. The van der Waals surface area contributed by atoms with Gasteiger partial charge in [-0.2, -0.15) is 17.9 Å². The maximum atomic E-state index is 14.1. The minimum Gasteiger partial charge on any atom is -0.420 e. The molecule has 0 spiro atoms. The van der Waals surface area contributed by atoms with Gasteiger partial charge >= 0.3 is 13.8 Å². The number of thiophene rings is 1. The zero-order valence-corrected chi connectivity index (χ0v) is 19.8. The first-order chi connectivity index (χ1) is 15.1. The molecule has 0 radical (unpaired) electrons. The molecule has 0 saturated carbocycles. The van der Waals surface area contributed by atoms with E-state index in [2.05, 4.69) is 4.52 Å². The van der Waals surface area contributed by atoms with Crippen LogP contribution in [0.25, 0.3) is 10.1 Å². The molecule has 33 heavy (non-hydrogen) atoms. The van der Waals surface area contributed by atoms with Gasteiger partial charge in [0, 0.05) is 10.4 Å². The van der Waals surface area contributed by atoms with Crippen molar-refractivity contribution in [1.29, 1.82) is 0 Å². The highest BCUT2D eigenvalue weighted by Gasteiger charge is 2.40. The average molecular weight is 568 g/mol. The standard InChI is InChI=1S/C17H12Cl2F4NO6PS2/c18-10-2-3-11(19)15-9(10)6-14(32-15)33(28,29)24-7-31(26,27)30-13-4-1-8(5-12(13)20)16(25)17(21,22)23/h1-6,16,24-25H,7H2,(H,26,27). The number of hydrogen-bond donors (Lipinski definition) is 3. The normalized spacial score (nSPS) is 15.4. The van der Waals surface area contributed by atoms with E-state index in [1.54, 1.807) is 0 Å². The lowest BCUT2D eigenvalue weighted by atomic mass is 10.1. The number of fused-ring (bicyclic) bond motifs is 1. The molecule has 0 saturated heterocycles. The number of aliphatic hydroxyl groups is 1. The number of sulfonamides is 1. The van der Waals surface area contributed by atoms with Crippen LogP contribution in [0.3, 0.4) is 0 Å². The lowest BCUT2D eigenvalue weighted by Crippen LogP contribution is -2.25. The molecule has 0 aliphatic heterocycles. The van der Waals surface area contributed by atoms with Gasteiger partial charge < -0.3 is 14.5 Å². The summed E-state index contributed by atoms with van der Waals surface area (Å²) >= 11 is 12.8. The first-order valence-electron chi connectivity index (χ1n) is 8.53. The minimum absolute atomic E-state index is 0.234. The van der Waals surface area contributed by atoms with E-state index in [1.165, 1.54) is 18.2 Å². The number of nitrogens with one attached hydrogen (secondary N) is 1. The summed E-state index contributed by atoms with van der Waals surface area (Å²) in [7, 11) is -9.18. The molecule has 3 rings (SSSR count). The van der Waals surface area contributed by atoms with Crippen LogP contribution in [-0.4, -0.2) is 30.9 Å². The SMILES string of the molecule is O=P(O)(CNS(=O)(=O)c1cc2c(Cl)ccc(Cl)c2s1)Oc1ccc(C(O)C(F)(F)F)cc1F. The van der Waals surface area contributed by atoms with Gasteiger partial charge in [-0.3, -0.25) is 0 Å². The van der Waals surface area contributed by atoms with E-state index in [4.69, 9.17) is 28.3 Å². The third kappa shape index (κ3) is 5.98. The van der Waals surface area contributed by atoms with E-state index in [9.17, 15) is 35.4 Å². The molecule has 16 heteroatoms. The van der Waals surface area contributed by atoms with Crippen molar-refractivity contribution in [3.8, 4) is 5.75 Å². The summed E-state index contributed by atoms with van der Waals surface area (Å²) in [6.45, 7) is 0. The van der Waals surface area contributed by atoms with E-state index in [1.807, 2.05) is 4.72 Å². The van der Waals surface area contributed by atoms with Crippen LogP contribution in [0, 0.1) is 5.82 Å². The fourth-order valence-corrected chi connectivity index (χ4v) is 7.05. The van der Waals surface area contributed by atoms with Crippen LogP contribution in [-0.2, 0) is 14.6 Å². The van der Waals surface area contributed by atoms with Crippen molar-refractivity contribution in [2.24, 2.45) is 0 Å². The van der Waals surface area contributed by atoms with Gasteiger partial charge in [0.15, 0.2) is 17.7 Å². The Morgan fingerprint density at radius 1 is 1.15 bits per heavy atom. The van der Waals surface area contributed by atoms with Gasteiger partial charge in [0.1, 0.15) is 10.5 Å². The molecule has 0 aliphatic carbocycles. The van der Waals surface area contributed by atoms with Gasteiger partial charge in [0.25, 0.3) is 10.0 Å². The van der Waals surface area contributed by atoms with Crippen LogP contribution < -0.4 is 9.25 Å². The van der Waals surface area contributed by atoms with Crippen molar-refractivity contribution < 1.29 is 45.1 Å². The number of rotatable bonds is 7. The van der Waals surface area contributed by atoms with Gasteiger partial charge in [-0.15, -0.1) is 11.3 Å². The fraction of sp³-hybridized carbons (Fsp3) is 0.176. The molecule has 1 aromatic heterocycles. The predicted molar refractivity (Wildman–Crippen MR) is 115 cm³/mol. The largest absolute Gasteiger partial charge is 0.420 e. The van der Waals surface area contributed by atoms with Crippen molar-refractivity contribution in [1.82, 2.24) is 4.72 Å². The van der Waals surface area contributed by atoms with Crippen LogP contribution in [0.4, 0.5) is 17.6 Å². The molecule has 2 atom stereocenters. The van der Waals surface area contributed by atoms with E-state index >= 15 is 0 Å². The Balaban J connectivity index is 1.75. The van der Waals surface area contributed by atoms with Crippen molar-refractivity contribution in [3.05, 3.63) is 57.8 Å². The van der Waals surface area contributed by atoms with Gasteiger partial charge in [-0.25, -0.2) is 17.4 Å². The number of hydrogen-bond acceptors (Lipinski definition) is 6. The summed E-state index contributed by atoms with van der Waals surface area (Å²) in [6, 6.07) is 5.67. The highest BCUT2D eigenvalue weighted by atomic mass is 35.5. The second kappa shape index (κ2) is 9.31. The molecule has 2 aromatic carbocycles.